The summed E-state index contributed by atoms with van der Waals surface area (Å²) in [6, 6.07) is 0.0392. The lowest BCUT2D eigenvalue weighted by Gasteiger charge is -2.18. The van der Waals surface area contributed by atoms with Gasteiger partial charge in [0.25, 0.3) is 0 Å². The van der Waals surface area contributed by atoms with Crippen LogP contribution in [0.2, 0.25) is 0 Å². The van der Waals surface area contributed by atoms with E-state index < -0.39 is 12.8 Å². The van der Waals surface area contributed by atoms with E-state index >= 15 is 0 Å². The van der Waals surface area contributed by atoms with Crippen molar-refractivity contribution >= 4 is 0 Å². The van der Waals surface area contributed by atoms with Crippen LogP contribution in [0.3, 0.4) is 0 Å². The number of alkyl halides is 3. The van der Waals surface area contributed by atoms with Gasteiger partial charge in [0.05, 0.1) is 6.61 Å². The molecule has 0 spiro atoms. The standard InChI is InChI=1S/C10H20F3NO/c1-3-5-6-9(14-4-2)7-15-8-10(11,12)13/h9,14H,3-8H2,1-2H3. The van der Waals surface area contributed by atoms with E-state index in [1.807, 2.05) is 6.92 Å². The molecule has 0 bridgehead atoms. The molecule has 0 aromatic heterocycles. The Hall–Kier alpha value is -0.290. The maximum atomic E-state index is 11.8. The highest BCUT2D eigenvalue weighted by Crippen LogP contribution is 2.14. The van der Waals surface area contributed by atoms with E-state index in [1.54, 1.807) is 0 Å². The third-order valence-corrected chi connectivity index (χ3v) is 1.98. The van der Waals surface area contributed by atoms with Gasteiger partial charge in [-0.1, -0.05) is 26.7 Å². The van der Waals surface area contributed by atoms with Crippen molar-refractivity contribution in [3.8, 4) is 0 Å². The monoisotopic (exact) mass is 227 g/mol. The van der Waals surface area contributed by atoms with Gasteiger partial charge < -0.3 is 10.1 Å². The molecule has 15 heavy (non-hydrogen) atoms. The zero-order valence-corrected chi connectivity index (χ0v) is 9.36. The zero-order valence-electron chi connectivity index (χ0n) is 9.36. The van der Waals surface area contributed by atoms with Gasteiger partial charge in [-0.2, -0.15) is 13.2 Å². The highest BCUT2D eigenvalue weighted by atomic mass is 19.4. The highest BCUT2D eigenvalue weighted by Gasteiger charge is 2.27. The van der Waals surface area contributed by atoms with Gasteiger partial charge in [0, 0.05) is 6.04 Å². The Balaban J connectivity index is 3.65. The molecule has 0 saturated heterocycles. The van der Waals surface area contributed by atoms with Crippen LogP contribution in [0.5, 0.6) is 0 Å². The van der Waals surface area contributed by atoms with Gasteiger partial charge in [0.2, 0.25) is 0 Å². The van der Waals surface area contributed by atoms with Gasteiger partial charge in [0.15, 0.2) is 0 Å². The van der Waals surface area contributed by atoms with Crippen molar-refractivity contribution in [2.24, 2.45) is 0 Å². The minimum absolute atomic E-state index is 0.0392. The number of ether oxygens (including phenoxy) is 1. The Bertz CT molecular complexity index is 150. The minimum atomic E-state index is -4.22. The summed E-state index contributed by atoms with van der Waals surface area (Å²) in [5.41, 5.74) is 0. The zero-order chi connectivity index (χ0) is 11.7. The number of hydrogen-bond acceptors (Lipinski definition) is 2. The molecule has 0 rings (SSSR count). The van der Waals surface area contributed by atoms with Crippen molar-refractivity contribution in [3.05, 3.63) is 0 Å². The summed E-state index contributed by atoms with van der Waals surface area (Å²) in [5, 5.41) is 3.11. The summed E-state index contributed by atoms with van der Waals surface area (Å²) in [7, 11) is 0. The predicted octanol–water partition coefficient (Wildman–Crippen LogP) is 2.73. The van der Waals surface area contributed by atoms with Crippen molar-refractivity contribution in [1.29, 1.82) is 0 Å². The van der Waals surface area contributed by atoms with Crippen molar-refractivity contribution in [2.45, 2.75) is 45.3 Å². The first-order chi connectivity index (χ1) is 6.99. The Morgan fingerprint density at radius 1 is 1.27 bits per heavy atom. The molecule has 0 aromatic carbocycles. The molecule has 0 saturated carbocycles. The summed E-state index contributed by atoms with van der Waals surface area (Å²) in [5.74, 6) is 0. The lowest BCUT2D eigenvalue weighted by Crippen LogP contribution is -2.34. The van der Waals surface area contributed by atoms with E-state index in [9.17, 15) is 13.2 Å². The number of nitrogens with one attached hydrogen (secondary N) is 1. The van der Waals surface area contributed by atoms with Gasteiger partial charge in [-0.15, -0.1) is 0 Å². The van der Waals surface area contributed by atoms with Crippen molar-refractivity contribution in [2.75, 3.05) is 19.8 Å². The molecule has 92 valence electrons. The number of unbranched alkanes of at least 4 members (excludes halogenated alkanes) is 1. The van der Waals surface area contributed by atoms with Crippen LogP contribution < -0.4 is 5.32 Å². The maximum Gasteiger partial charge on any atom is 0.411 e. The second kappa shape index (κ2) is 7.93. The third kappa shape index (κ3) is 10.0. The number of likely N-dealkylation sites (N-methyl/N-ethyl adjacent to an activating group) is 1. The quantitative estimate of drug-likeness (QED) is 0.688. The summed E-state index contributed by atoms with van der Waals surface area (Å²) >= 11 is 0. The third-order valence-electron chi connectivity index (χ3n) is 1.98. The molecule has 1 unspecified atom stereocenters. The Kier molecular flexibility index (Phi) is 7.78. The first kappa shape index (κ1) is 14.7. The average molecular weight is 227 g/mol. The van der Waals surface area contributed by atoms with Gasteiger partial charge in [-0.25, -0.2) is 0 Å². The fourth-order valence-electron chi connectivity index (χ4n) is 1.30. The molecule has 2 nitrogen and oxygen atoms in total. The fourth-order valence-corrected chi connectivity index (χ4v) is 1.30. The van der Waals surface area contributed by atoms with Crippen molar-refractivity contribution in [3.63, 3.8) is 0 Å². The van der Waals surface area contributed by atoms with Gasteiger partial charge in [-0.3, -0.25) is 0 Å². The first-order valence-corrected chi connectivity index (χ1v) is 5.37. The number of halogens is 3. The summed E-state index contributed by atoms with van der Waals surface area (Å²) in [6.45, 7) is 3.72. The molecule has 5 heteroatoms. The molecule has 0 aliphatic carbocycles. The molecule has 0 amide bonds. The van der Waals surface area contributed by atoms with E-state index in [-0.39, 0.29) is 12.6 Å². The molecule has 0 aliphatic rings. The Morgan fingerprint density at radius 3 is 2.40 bits per heavy atom. The van der Waals surface area contributed by atoms with Crippen LogP contribution in [0.25, 0.3) is 0 Å². The van der Waals surface area contributed by atoms with E-state index in [4.69, 9.17) is 0 Å². The summed E-state index contributed by atoms with van der Waals surface area (Å²) in [4.78, 5) is 0. The average Bonchev–Trinajstić information content (AvgIpc) is 2.12. The van der Waals surface area contributed by atoms with Crippen molar-refractivity contribution in [1.82, 2.24) is 5.32 Å². The number of rotatable bonds is 8. The molecule has 0 fully saturated rings. The predicted molar refractivity (Wildman–Crippen MR) is 53.9 cm³/mol. The topological polar surface area (TPSA) is 21.3 Å². The molecule has 0 aromatic rings. The van der Waals surface area contributed by atoms with Crippen LogP contribution in [0.1, 0.15) is 33.1 Å². The smallest absolute Gasteiger partial charge is 0.370 e. The number of hydrogen-bond donors (Lipinski definition) is 1. The second-order valence-electron chi connectivity index (χ2n) is 3.53. The molecule has 0 heterocycles. The first-order valence-electron chi connectivity index (χ1n) is 5.37. The lowest BCUT2D eigenvalue weighted by atomic mass is 10.1. The molecule has 1 atom stereocenters. The van der Waals surface area contributed by atoms with Crippen LogP contribution in [0.15, 0.2) is 0 Å². The van der Waals surface area contributed by atoms with Crippen LogP contribution in [0, 0.1) is 0 Å². The van der Waals surface area contributed by atoms with Gasteiger partial charge in [-0.05, 0) is 13.0 Å². The maximum absolute atomic E-state index is 11.8. The molecule has 1 N–H and O–H groups in total. The highest BCUT2D eigenvalue weighted by molar-refractivity contribution is 4.65. The normalized spacial score (nSPS) is 14.2. The van der Waals surface area contributed by atoms with E-state index in [0.29, 0.717) is 0 Å². The molecular weight excluding hydrogens is 207 g/mol. The van der Waals surface area contributed by atoms with Crippen LogP contribution in [-0.4, -0.2) is 32.0 Å². The second-order valence-corrected chi connectivity index (χ2v) is 3.53. The minimum Gasteiger partial charge on any atom is -0.370 e. The molecule has 0 aliphatic heterocycles. The lowest BCUT2D eigenvalue weighted by molar-refractivity contribution is -0.175. The summed E-state index contributed by atoms with van der Waals surface area (Å²) < 4.78 is 40.0. The Labute approximate surface area is 89.2 Å². The van der Waals surface area contributed by atoms with Crippen molar-refractivity contribution < 1.29 is 17.9 Å². The van der Waals surface area contributed by atoms with Gasteiger partial charge in [0.1, 0.15) is 6.61 Å². The van der Waals surface area contributed by atoms with E-state index in [2.05, 4.69) is 17.0 Å². The molecular formula is C10H20F3NO. The van der Waals surface area contributed by atoms with Gasteiger partial charge >= 0.3 is 6.18 Å². The van der Waals surface area contributed by atoms with Crippen LogP contribution >= 0.6 is 0 Å². The largest absolute Gasteiger partial charge is 0.411 e. The van der Waals surface area contributed by atoms with E-state index in [0.717, 1.165) is 25.8 Å². The Morgan fingerprint density at radius 2 is 1.93 bits per heavy atom. The summed E-state index contributed by atoms with van der Waals surface area (Å²) in [6.07, 6.45) is -1.31. The van der Waals surface area contributed by atoms with Crippen LogP contribution in [-0.2, 0) is 4.74 Å². The van der Waals surface area contributed by atoms with E-state index in [1.165, 1.54) is 0 Å². The molecule has 0 radical (unpaired) electrons. The fraction of sp³-hybridized carbons (Fsp3) is 1.00. The van der Waals surface area contributed by atoms with Crippen LogP contribution in [0.4, 0.5) is 13.2 Å². The SMILES string of the molecule is CCCCC(COCC(F)(F)F)NCC.